The molecule has 0 radical (unpaired) electrons. The molecule has 1 aromatic heterocycles. The van der Waals surface area contributed by atoms with Gasteiger partial charge in [-0.2, -0.15) is 10.2 Å². The molecule has 0 bridgehead atoms. The van der Waals surface area contributed by atoms with Crippen LogP contribution in [0.5, 0.6) is 0 Å². The predicted molar refractivity (Wildman–Crippen MR) is 71.0 cm³/mol. The minimum absolute atomic E-state index is 0.0834. The van der Waals surface area contributed by atoms with Gasteiger partial charge in [0.15, 0.2) is 0 Å². The molecule has 1 saturated carbocycles. The van der Waals surface area contributed by atoms with Gasteiger partial charge in [0, 0.05) is 18.8 Å². The van der Waals surface area contributed by atoms with E-state index in [0.29, 0.717) is 12.0 Å². The normalized spacial score (nSPS) is 21.9. The summed E-state index contributed by atoms with van der Waals surface area (Å²) in [5.74, 6) is 0.264. The summed E-state index contributed by atoms with van der Waals surface area (Å²) in [5, 5.41) is 11.3. The molecule has 0 spiro atoms. The van der Waals surface area contributed by atoms with Crippen LogP contribution in [0.15, 0.2) is 42.6 Å². The topological polar surface area (TPSA) is 37.8 Å². The molecule has 0 unspecified atom stereocenters. The standard InChI is InChI=1S/C15H16FN3/c16-15-6-2-1-5-14(15)11-8-13(9-11)17-10-12-4-3-7-18-19-12/h1-7,11,13,17H,8-10H2. The fourth-order valence-electron chi connectivity index (χ4n) is 2.52. The van der Waals surface area contributed by atoms with Gasteiger partial charge >= 0.3 is 0 Å². The summed E-state index contributed by atoms with van der Waals surface area (Å²) in [7, 11) is 0. The third kappa shape index (κ3) is 2.79. The number of hydrogen-bond donors (Lipinski definition) is 1. The lowest BCUT2D eigenvalue weighted by Crippen LogP contribution is -2.40. The first kappa shape index (κ1) is 12.2. The van der Waals surface area contributed by atoms with E-state index in [-0.39, 0.29) is 5.82 Å². The largest absolute Gasteiger partial charge is 0.308 e. The highest BCUT2D eigenvalue weighted by molar-refractivity contribution is 5.24. The molecule has 3 rings (SSSR count). The van der Waals surface area contributed by atoms with Gasteiger partial charge in [-0.1, -0.05) is 18.2 Å². The van der Waals surface area contributed by atoms with Crippen molar-refractivity contribution < 1.29 is 4.39 Å². The van der Waals surface area contributed by atoms with Gasteiger partial charge in [-0.25, -0.2) is 4.39 Å². The summed E-state index contributed by atoms with van der Waals surface area (Å²) in [4.78, 5) is 0. The Bertz CT molecular complexity index is 538. The molecule has 2 aromatic rings. The van der Waals surface area contributed by atoms with E-state index in [1.807, 2.05) is 24.3 Å². The molecule has 1 N–H and O–H groups in total. The van der Waals surface area contributed by atoms with Crippen molar-refractivity contribution >= 4 is 0 Å². The molecule has 1 heterocycles. The molecule has 1 aromatic carbocycles. The van der Waals surface area contributed by atoms with E-state index in [4.69, 9.17) is 0 Å². The zero-order valence-electron chi connectivity index (χ0n) is 10.6. The fraction of sp³-hybridized carbons (Fsp3) is 0.333. The highest BCUT2D eigenvalue weighted by Gasteiger charge is 2.31. The van der Waals surface area contributed by atoms with Gasteiger partial charge in [0.2, 0.25) is 0 Å². The van der Waals surface area contributed by atoms with Crippen molar-refractivity contribution in [2.24, 2.45) is 0 Å². The Kier molecular flexibility index (Phi) is 3.51. The molecule has 3 nitrogen and oxygen atoms in total. The van der Waals surface area contributed by atoms with Crippen LogP contribution in [0.3, 0.4) is 0 Å². The van der Waals surface area contributed by atoms with Crippen LogP contribution in [0.1, 0.15) is 30.0 Å². The number of nitrogens with one attached hydrogen (secondary N) is 1. The van der Waals surface area contributed by atoms with Crippen molar-refractivity contribution in [3.63, 3.8) is 0 Å². The zero-order chi connectivity index (χ0) is 13.1. The summed E-state index contributed by atoms with van der Waals surface area (Å²) in [6.45, 7) is 0.725. The van der Waals surface area contributed by atoms with Gasteiger partial charge in [0.25, 0.3) is 0 Å². The van der Waals surface area contributed by atoms with Crippen molar-refractivity contribution in [2.75, 3.05) is 0 Å². The molecule has 1 fully saturated rings. The van der Waals surface area contributed by atoms with Crippen LogP contribution >= 0.6 is 0 Å². The molecule has 19 heavy (non-hydrogen) atoms. The van der Waals surface area contributed by atoms with Gasteiger partial charge in [-0.3, -0.25) is 0 Å². The average molecular weight is 257 g/mol. The van der Waals surface area contributed by atoms with Gasteiger partial charge in [-0.05, 0) is 42.5 Å². The first-order valence-electron chi connectivity index (χ1n) is 6.57. The van der Waals surface area contributed by atoms with Crippen molar-refractivity contribution in [2.45, 2.75) is 31.3 Å². The van der Waals surface area contributed by atoms with E-state index in [1.54, 1.807) is 12.3 Å². The Labute approximate surface area is 111 Å². The van der Waals surface area contributed by atoms with Crippen LogP contribution in [0.2, 0.25) is 0 Å². The lowest BCUT2D eigenvalue weighted by Gasteiger charge is -2.36. The highest BCUT2D eigenvalue weighted by Crippen LogP contribution is 2.37. The number of nitrogens with zero attached hydrogens (tertiary/aromatic N) is 2. The SMILES string of the molecule is Fc1ccccc1C1CC(NCc2cccnn2)C1. The molecule has 1 aliphatic rings. The number of hydrogen-bond acceptors (Lipinski definition) is 3. The lowest BCUT2D eigenvalue weighted by molar-refractivity contribution is 0.283. The number of rotatable bonds is 4. The molecule has 98 valence electrons. The summed E-state index contributed by atoms with van der Waals surface area (Å²) in [5.41, 5.74) is 1.79. The average Bonchev–Trinajstić information content (AvgIpc) is 2.40. The Balaban J connectivity index is 1.50. The maximum atomic E-state index is 13.6. The number of halogens is 1. The third-order valence-corrected chi connectivity index (χ3v) is 3.68. The second-order valence-corrected chi connectivity index (χ2v) is 4.98. The van der Waals surface area contributed by atoms with E-state index in [2.05, 4.69) is 15.5 Å². The van der Waals surface area contributed by atoms with Gasteiger partial charge < -0.3 is 5.32 Å². The zero-order valence-corrected chi connectivity index (χ0v) is 10.6. The Hall–Kier alpha value is -1.81. The molecule has 0 aliphatic heterocycles. The number of aromatic nitrogens is 2. The summed E-state index contributed by atoms with van der Waals surface area (Å²) >= 11 is 0. The van der Waals surface area contributed by atoms with E-state index in [0.717, 1.165) is 30.6 Å². The van der Waals surface area contributed by atoms with Crippen LogP contribution in [-0.4, -0.2) is 16.2 Å². The number of benzene rings is 1. The molecular weight excluding hydrogens is 241 g/mol. The summed E-state index contributed by atoms with van der Waals surface area (Å²) < 4.78 is 13.6. The van der Waals surface area contributed by atoms with Crippen molar-refractivity contribution in [3.05, 3.63) is 59.7 Å². The van der Waals surface area contributed by atoms with Crippen LogP contribution in [0.4, 0.5) is 4.39 Å². The lowest BCUT2D eigenvalue weighted by atomic mass is 9.75. The van der Waals surface area contributed by atoms with E-state index < -0.39 is 0 Å². The molecular formula is C15H16FN3. The van der Waals surface area contributed by atoms with Crippen LogP contribution < -0.4 is 5.32 Å². The van der Waals surface area contributed by atoms with Crippen molar-refractivity contribution in [3.8, 4) is 0 Å². The quantitative estimate of drug-likeness (QED) is 0.915. The monoisotopic (exact) mass is 257 g/mol. The molecule has 0 atom stereocenters. The second-order valence-electron chi connectivity index (χ2n) is 4.98. The Morgan fingerprint density at radius 1 is 1.16 bits per heavy atom. The Morgan fingerprint density at radius 3 is 2.74 bits per heavy atom. The third-order valence-electron chi connectivity index (χ3n) is 3.68. The first-order valence-corrected chi connectivity index (χ1v) is 6.57. The highest BCUT2D eigenvalue weighted by atomic mass is 19.1. The Morgan fingerprint density at radius 2 is 2.00 bits per heavy atom. The van der Waals surface area contributed by atoms with E-state index in [9.17, 15) is 4.39 Å². The molecule has 1 aliphatic carbocycles. The minimum atomic E-state index is -0.0834. The fourth-order valence-corrected chi connectivity index (χ4v) is 2.52. The predicted octanol–water partition coefficient (Wildman–Crippen LogP) is 2.65. The van der Waals surface area contributed by atoms with Crippen molar-refractivity contribution in [1.82, 2.24) is 15.5 Å². The molecule has 4 heteroatoms. The molecule has 0 saturated heterocycles. The minimum Gasteiger partial charge on any atom is -0.308 e. The maximum Gasteiger partial charge on any atom is 0.126 e. The molecule has 0 amide bonds. The van der Waals surface area contributed by atoms with Crippen LogP contribution in [0, 0.1) is 5.82 Å². The summed E-state index contributed by atoms with van der Waals surface area (Å²) in [6.07, 6.45) is 3.64. The van der Waals surface area contributed by atoms with Crippen molar-refractivity contribution in [1.29, 1.82) is 0 Å². The van der Waals surface area contributed by atoms with Crippen LogP contribution in [-0.2, 0) is 6.54 Å². The van der Waals surface area contributed by atoms with Gasteiger partial charge in [0.1, 0.15) is 5.82 Å². The van der Waals surface area contributed by atoms with E-state index in [1.165, 1.54) is 6.07 Å². The first-order chi connectivity index (χ1) is 9.33. The van der Waals surface area contributed by atoms with E-state index >= 15 is 0 Å². The van der Waals surface area contributed by atoms with Crippen LogP contribution in [0.25, 0.3) is 0 Å². The van der Waals surface area contributed by atoms with Gasteiger partial charge in [-0.15, -0.1) is 0 Å². The maximum absolute atomic E-state index is 13.6. The smallest absolute Gasteiger partial charge is 0.126 e. The second kappa shape index (κ2) is 5.45. The van der Waals surface area contributed by atoms with Gasteiger partial charge in [0.05, 0.1) is 5.69 Å². The summed E-state index contributed by atoms with van der Waals surface area (Å²) in [6, 6.07) is 11.3.